The maximum atomic E-state index is 11.9. The van der Waals surface area contributed by atoms with Crippen molar-refractivity contribution in [2.24, 2.45) is 5.92 Å². The number of nitrogens with two attached hydrogens (primary N) is 1. The van der Waals surface area contributed by atoms with E-state index in [1.54, 1.807) is 12.1 Å². The molecule has 1 fully saturated rings. The van der Waals surface area contributed by atoms with E-state index in [-0.39, 0.29) is 11.0 Å². The van der Waals surface area contributed by atoms with Crippen LogP contribution in [0, 0.1) is 5.92 Å². The zero-order valence-electron chi connectivity index (χ0n) is 10.8. The van der Waals surface area contributed by atoms with Crippen LogP contribution in [-0.2, 0) is 10.0 Å². The Morgan fingerprint density at radius 3 is 2.68 bits per heavy atom. The van der Waals surface area contributed by atoms with Gasteiger partial charge in [0.1, 0.15) is 4.90 Å². The first-order valence-electron chi connectivity index (χ1n) is 6.17. The molecular weight excluding hydrogens is 266 g/mol. The van der Waals surface area contributed by atoms with Gasteiger partial charge < -0.3 is 16.2 Å². The quantitative estimate of drug-likeness (QED) is 0.585. The second-order valence-electron chi connectivity index (χ2n) is 4.84. The monoisotopic (exact) mass is 285 g/mol. The predicted molar refractivity (Wildman–Crippen MR) is 74.3 cm³/mol. The molecule has 1 saturated carbocycles. The fraction of sp³-hybridized carbons (Fsp3) is 0.500. The van der Waals surface area contributed by atoms with Crippen molar-refractivity contribution in [3.05, 3.63) is 18.2 Å². The molecule has 0 heterocycles. The Kier molecular flexibility index (Phi) is 3.98. The number of nitrogens with one attached hydrogen (secondary N) is 2. The number of rotatable bonds is 5. The first-order valence-corrected chi connectivity index (χ1v) is 7.65. The Morgan fingerprint density at radius 2 is 2.11 bits per heavy atom. The summed E-state index contributed by atoms with van der Waals surface area (Å²) < 4.78 is 26.1. The minimum absolute atomic E-state index is 0.148. The van der Waals surface area contributed by atoms with Gasteiger partial charge in [-0.2, -0.15) is 0 Å². The Bertz CT molecular complexity index is 553. The lowest BCUT2D eigenvalue weighted by molar-refractivity contribution is 0.0486. The van der Waals surface area contributed by atoms with E-state index in [2.05, 4.69) is 10.0 Å². The lowest BCUT2D eigenvalue weighted by Crippen LogP contribution is -2.33. The minimum Gasteiger partial charge on any atom is -0.399 e. The average molecular weight is 285 g/mol. The number of hydrogen-bond donors (Lipinski definition) is 4. The number of aliphatic hydroxyl groups excluding tert-OH is 1. The predicted octanol–water partition coefficient (Wildman–Crippen LogP) is 0.360. The Labute approximate surface area is 113 Å². The third-order valence-corrected chi connectivity index (χ3v) is 4.81. The van der Waals surface area contributed by atoms with Crippen LogP contribution < -0.4 is 15.8 Å². The van der Waals surface area contributed by atoms with Gasteiger partial charge in [0, 0.05) is 12.2 Å². The fourth-order valence-electron chi connectivity index (χ4n) is 2.14. The summed E-state index contributed by atoms with van der Waals surface area (Å²) in [6.45, 7) is 0.646. The number of anilines is 2. The molecule has 0 amide bonds. The molecule has 7 heteroatoms. The summed E-state index contributed by atoms with van der Waals surface area (Å²) in [6, 6.07) is 4.76. The van der Waals surface area contributed by atoms with Gasteiger partial charge in [0.25, 0.3) is 0 Å². The maximum Gasteiger partial charge on any atom is 0.242 e. The van der Waals surface area contributed by atoms with Crippen molar-refractivity contribution in [3.63, 3.8) is 0 Å². The van der Waals surface area contributed by atoms with Gasteiger partial charge in [0.05, 0.1) is 11.8 Å². The molecule has 1 aromatic carbocycles. The molecule has 0 unspecified atom stereocenters. The molecule has 19 heavy (non-hydrogen) atoms. The third kappa shape index (κ3) is 3.17. The van der Waals surface area contributed by atoms with Gasteiger partial charge in [-0.1, -0.05) is 0 Å². The van der Waals surface area contributed by atoms with E-state index in [1.165, 1.54) is 13.1 Å². The number of nitrogen functional groups attached to an aromatic ring is 1. The van der Waals surface area contributed by atoms with Crippen molar-refractivity contribution in [1.29, 1.82) is 0 Å². The zero-order valence-corrected chi connectivity index (χ0v) is 11.6. The summed E-state index contributed by atoms with van der Waals surface area (Å²) in [6.07, 6.45) is 1.31. The van der Waals surface area contributed by atoms with Crippen molar-refractivity contribution in [2.75, 3.05) is 24.6 Å². The summed E-state index contributed by atoms with van der Waals surface area (Å²) in [5.41, 5.74) is 6.57. The van der Waals surface area contributed by atoms with Crippen molar-refractivity contribution in [2.45, 2.75) is 23.8 Å². The van der Waals surface area contributed by atoms with Gasteiger partial charge in [-0.15, -0.1) is 0 Å². The van der Waals surface area contributed by atoms with Crippen molar-refractivity contribution < 1.29 is 13.5 Å². The van der Waals surface area contributed by atoms with E-state index in [4.69, 9.17) is 5.73 Å². The molecular formula is C12H19N3O3S. The lowest BCUT2D eigenvalue weighted by atomic mass is 9.82. The molecule has 5 N–H and O–H groups in total. The van der Waals surface area contributed by atoms with E-state index >= 15 is 0 Å². The molecule has 0 radical (unpaired) electrons. The topological polar surface area (TPSA) is 104 Å². The Balaban J connectivity index is 2.15. The van der Waals surface area contributed by atoms with Gasteiger partial charge in [-0.3, -0.25) is 0 Å². The highest BCUT2D eigenvalue weighted by Gasteiger charge is 2.27. The maximum absolute atomic E-state index is 11.9. The van der Waals surface area contributed by atoms with E-state index in [0.29, 0.717) is 23.8 Å². The van der Waals surface area contributed by atoms with Crippen LogP contribution >= 0.6 is 0 Å². The molecule has 106 valence electrons. The minimum atomic E-state index is -3.54. The molecule has 2 rings (SSSR count). The highest BCUT2D eigenvalue weighted by Crippen LogP contribution is 2.29. The Morgan fingerprint density at radius 1 is 1.42 bits per heavy atom. The number of aliphatic hydroxyl groups is 1. The standard InChI is InChI=1S/C12H19N3O3S/c1-14-19(17,18)12-6-9(13)2-3-11(12)15-7-8-4-10(16)5-8/h2-3,6,8,10,14-16H,4-5,7,13H2,1H3. The van der Waals surface area contributed by atoms with Crippen LogP contribution in [-0.4, -0.2) is 33.2 Å². The summed E-state index contributed by atoms with van der Waals surface area (Å²) in [5.74, 6) is 0.387. The fourth-order valence-corrected chi connectivity index (χ4v) is 3.08. The molecule has 0 saturated heterocycles. The summed E-state index contributed by atoms with van der Waals surface area (Å²) in [7, 11) is -2.17. The molecule has 0 spiro atoms. The molecule has 0 aliphatic heterocycles. The van der Waals surface area contributed by atoms with Gasteiger partial charge in [-0.05, 0) is 44.0 Å². The van der Waals surface area contributed by atoms with Gasteiger partial charge in [0.15, 0.2) is 0 Å². The number of hydrogen-bond acceptors (Lipinski definition) is 5. The smallest absolute Gasteiger partial charge is 0.242 e. The highest BCUT2D eigenvalue weighted by molar-refractivity contribution is 7.89. The summed E-state index contributed by atoms with van der Waals surface area (Å²) >= 11 is 0. The molecule has 0 atom stereocenters. The van der Waals surface area contributed by atoms with Crippen LogP contribution in [0.15, 0.2) is 23.1 Å². The van der Waals surface area contributed by atoms with Gasteiger partial charge >= 0.3 is 0 Å². The molecule has 1 aromatic rings. The lowest BCUT2D eigenvalue weighted by Gasteiger charge is -2.31. The summed E-state index contributed by atoms with van der Waals surface area (Å²) in [5, 5.41) is 12.3. The van der Waals surface area contributed by atoms with Crippen LogP contribution in [0.4, 0.5) is 11.4 Å². The van der Waals surface area contributed by atoms with Crippen LogP contribution in [0.5, 0.6) is 0 Å². The first-order chi connectivity index (χ1) is 8.92. The van der Waals surface area contributed by atoms with Crippen molar-refractivity contribution in [3.8, 4) is 0 Å². The molecule has 6 nitrogen and oxygen atoms in total. The van der Waals surface area contributed by atoms with Crippen LogP contribution in [0.3, 0.4) is 0 Å². The van der Waals surface area contributed by atoms with Crippen LogP contribution in [0.25, 0.3) is 0 Å². The molecule has 1 aliphatic carbocycles. The molecule has 0 aromatic heterocycles. The normalized spacial score (nSPS) is 22.8. The highest BCUT2D eigenvalue weighted by atomic mass is 32.2. The average Bonchev–Trinajstić information content (AvgIpc) is 2.34. The largest absolute Gasteiger partial charge is 0.399 e. The molecule has 1 aliphatic rings. The SMILES string of the molecule is CNS(=O)(=O)c1cc(N)ccc1NCC1CC(O)C1. The number of sulfonamides is 1. The van der Waals surface area contributed by atoms with Crippen molar-refractivity contribution in [1.82, 2.24) is 4.72 Å². The van der Waals surface area contributed by atoms with Crippen molar-refractivity contribution >= 4 is 21.4 Å². The van der Waals surface area contributed by atoms with Gasteiger partial charge in [-0.25, -0.2) is 13.1 Å². The van der Waals surface area contributed by atoms with E-state index < -0.39 is 10.0 Å². The van der Waals surface area contributed by atoms with E-state index in [1.807, 2.05) is 0 Å². The van der Waals surface area contributed by atoms with Crippen LogP contribution in [0.2, 0.25) is 0 Å². The zero-order chi connectivity index (χ0) is 14.0. The van der Waals surface area contributed by atoms with E-state index in [9.17, 15) is 13.5 Å². The third-order valence-electron chi connectivity index (χ3n) is 3.36. The van der Waals surface area contributed by atoms with Crippen LogP contribution in [0.1, 0.15) is 12.8 Å². The first kappa shape index (κ1) is 14.1. The second-order valence-corrected chi connectivity index (χ2v) is 6.69. The van der Waals surface area contributed by atoms with Gasteiger partial charge in [0.2, 0.25) is 10.0 Å². The summed E-state index contributed by atoms with van der Waals surface area (Å²) in [4.78, 5) is 0.148. The molecule has 0 bridgehead atoms. The second kappa shape index (κ2) is 5.36. The van der Waals surface area contributed by atoms with E-state index in [0.717, 1.165) is 12.8 Å². The Hall–Kier alpha value is -1.31. The number of benzene rings is 1.